The van der Waals surface area contributed by atoms with Gasteiger partial charge in [0.2, 0.25) is 5.91 Å². The molecule has 0 spiro atoms. The summed E-state index contributed by atoms with van der Waals surface area (Å²) < 4.78 is 0. The molecular weight excluding hydrogens is 404 g/mol. The third-order valence-electron chi connectivity index (χ3n) is 4.98. The number of H-pyrrole nitrogens is 1. The second kappa shape index (κ2) is 9.36. The first-order valence-electron chi connectivity index (χ1n) is 10.2. The average Bonchev–Trinajstić information content (AvgIpc) is 2.79. The number of carbonyl (C=O) groups is 2. The Balaban J connectivity index is 1.44. The first-order valence-corrected chi connectivity index (χ1v) is 10.2. The molecule has 0 aliphatic rings. The number of nitrogens with one attached hydrogen (secondary N) is 2. The fraction of sp³-hybridized carbons (Fsp3) is 0.120. The summed E-state index contributed by atoms with van der Waals surface area (Å²) in [6.45, 7) is 0.350. The average molecular weight is 426 g/mol. The lowest BCUT2D eigenvalue weighted by Gasteiger charge is -2.17. The number of carbonyl (C=O) groups excluding carboxylic acids is 2. The molecule has 7 nitrogen and oxygen atoms in total. The van der Waals surface area contributed by atoms with E-state index in [-0.39, 0.29) is 30.3 Å². The van der Waals surface area contributed by atoms with Gasteiger partial charge in [-0.25, -0.2) is 4.98 Å². The number of ketones is 1. The van der Waals surface area contributed by atoms with Crippen molar-refractivity contribution in [1.29, 1.82) is 0 Å². The number of anilines is 1. The Kier molecular flexibility index (Phi) is 6.19. The van der Waals surface area contributed by atoms with E-state index in [1.165, 1.54) is 0 Å². The molecule has 4 aromatic rings. The van der Waals surface area contributed by atoms with E-state index in [2.05, 4.69) is 15.3 Å². The first kappa shape index (κ1) is 21.1. The zero-order valence-corrected chi connectivity index (χ0v) is 17.5. The Morgan fingerprint density at radius 2 is 1.62 bits per heavy atom. The van der Waals surface area contributed by atoms with Crippen molar-refractivity contribution in [2.45, 2.75) is 6.54 Å². The van der Waals surface area contributed by atoms with Gasteiger partial charge in [-0.3, -0.25) is 19.3 Å². The third-order valence-corrected chi connectivity index (χ3v) is 4.98. The van der Waals surface area contributed by atoms with Crippen LogP contribution in [-0.2, 0) is 11.3 Å². The van der Waals surface area contributed by atoms with Crippen LogP contribution >= 0.6 is 0 Å². The molecule has 1 heterocycles. The number of amides is 1. The van der Waals surface area contributed by atoms with Crippen molar-refractivity contribution < 1.29 is 9.59 Å². The highest BCUT2D eigenvalue weighted by Crippen LogP contribution is 2.19. The molecular formula is C25H22N4O3. The summed E-state index contributed by atoms with van der Waals surface area (Å²) >= 11 is 0. The van der Waals surface area contributed by atoms with E-state index >= 15 is 0 Å². The zero-order valence-electron chi connectivity index (χ0n) is 17.5. The van der Waals surface area contributed by atoms with Crippen molar-refractivity contribution in [2.24, 2.45) is 0 Å². The standard InChI is InChI=1S/C25H22N4O3/c1-29(15-22-26-21-14-8-6-12-19(21)25(32)28-22)16-23(30)27-20-13-7-5-11-18(20)24(31)17-9-3-2-4-10-17/h2-14H,15-16H2,1H3,(H,27,30)(H,26,28,32). The normalized spacial score (nSPS) is 10.9. The maximum absolute atomic E-state index is 12.8. The Labute approximate surface area is 184 Å². The highest BCUT2D eigenvalue weighted by molar-refractivity contribution is 6.13. The lowest BCUT2D eigenvalue weighted by Crippen LogP contribution is -2.31. The topological polar surface area (TPSA) is 95.2 Å². The summed E-state index contributed by atoms with van der Waals surface area (Å²) in [5.74, 6) is 0.0420. The molecule has 0 bridgehead atoms. The Morgan fingerprint density at radius 1 is 0.938 bits per heavy atom. The summed E-state index contributed by atoms with van der Waals surface area (Å²) in [7, 11) is 1.76. The molecule has 4 rings (SSSR count). The Bertz CT molecular complexity index is 1330. The van der Waals surface area contributed by atoms with Gasteiger partial charge < -0.3 is 10.3 Å². The van der Waals surface area contributed by atoms with Gasteiger partial charge in [-0.15, -0.1) is 0 Å². The molecule has 3 aromatic carbocycles. The highest BCUT2D eigenvalue weighted by Gasteiger charge is 2.16. The van der Waals surface area contributed by atoms with E-state index in [1.54, 1.807) is 78.7 Å². The van der Waals surface area contributed by atoms with Crippen LogP contribution < -0.4 is 10.9 Å². The van der Waals surface area contributed by atoms with Gasteiger partial charge >= 0.3 is 0 Å². The molecule has 2 N–H and O–H groups in total. The predicted molar refractivity (Wildman–Crippen MR) is 124 cm³/mol. The van der Waals surface area contributed by atoms with Crippen molar-refractivity contribution in [3.05, 3.63) is 106 Å². The Morgan fingerprint density at radius 3 is 2.44 bits per heavy atom. The second-order valence-corrected chi connectivity index (χ2v) is 7.49. The lowest BCUT2D eigenvalue weighted by molar-refractivity contribution is -0.117. The van der Waals surface area contributed by atoms with Gasteiger partial charge in [-0.2, -0.15) is 0 Å². The minimum absolute atomic E-state index is 0.0599. The summed E-state index contributed by atoms with van der Waals surface area (Å²) in [5.41, 5.74) is 1.83. The molecule has 0 unspecified atom stereocenters. The number of hydrogen-bond acceptors (Lipinski definition) is 5. The number of benzene rings is 3. The number of fused-ring (bicyclic) bond motifs is 1. The van der Waals surface area contributed by atoms with Crippen LogP contribution in [0, 0.1) is 0 Å². The molecule has 0 saturated heterocycles. The van der Waals surface area contributed by atoms with Crippen LogP contribution in [0.4, 0.5) is 5.69 Å². The van der Waals surface area contributed by atoms with Crippen LogP contribution in [0.1, 0.15) is 21.7 Å². The predicted octanol–water partition coefficient (Wildman–Crippen LogP) is 3.22. The minimum Gasteiger partial charge on any atom is -0.324 e. The number of rotatable bonds is 7. The second-order valence-electron chi connectivity index (χ2n) is 7.49. The van der Waals surface area contributed by atoms with E-state index in [1.807, 2.05) is 12.1 Å². The van der Waals surface area contributed by atoms with E-state index in [9.17, 15) is 14.4 Å². The van der Waals surface area contributed by atoms with E-state index in [0.29, 0.717) is 33.5 Å². The van der Waals surface area contributed by atoms with Crippen molar-refractivity contribution >= 4 is 28.3 Å². The number of para-hydroxylation sites is 2. The third kappa shape index (κ3) is 4.79. The van der Waals surface area contributed by atoms with Gasteiger partial charge in [0.1, 0.15) is 5.82 Å². The molecule has 0 fully saturated rings. The molecule has 0 aliphatic carbocycles. The summed E-state index contributed by atoms with van der Waals surface area (Å²) in [4.78, 5) is 46.7. The summed E-state index contributed by atoms with van der Waals surface area (Å²) in [6.07, 6.45) is 0. The smallest absolute Gasteiger partial charge is 0.258 e. The molecule has 160 valence electrons. The number of aromatic nitrogens is 2. The molecule has 0 aliphatic heterocycles. The number of hydrogen-bond donors (Lipinski definition) is 2. The highest BCUT2D eigenvalue weighted by atomic mass is 16.2. The fourth-order valence-electron chi connectivity index (χ4n) is 3.49. The zero-order chi connectivity index (χ0) is 22.5. The monoisotopic (exact) mass is 426 g/mol. The van der Waals surface area contributed by atoms with Gasteiger partial charge in [-0.1, -0.05) is 54.6 Å². The Hall–Kier alpha value is -4.10. The van der Waals surface area contributed by atoms with Gasteiger partial charge in [0.05, 0.1) is 29.7 Å². The number of likely N-dealkylation sites (N-methyl/N-ethyl adjacent to an activating group) is 1. The van der Waals surface area contributed by atoms with Gasteiger partial charge in [0.15, 0.2) is 5.78 Å². The van der Waals surface area contributed by atoms with E-state index < -0.39 is 0 Å². The number of aromatic amines is 1. The van der Waals surface area contributed by atoms with E-state index in [4.69, 9.17) is 0 Å². The van der Waals surface area contributed by atoms with Crippen LogP contribution in [0.2, 0.25) is 0 Å². The minimum atomic E-state index is -0.274. The summed E-state index contributed by atoms with van der Waals surface area (Å²) in [5, 5.41) is 3.35. The molecule has 32 heavy (non-hydrogen) atoms. The molecule has 0 atom stereocenters. The van der Waals surface area contributed by atoms with Crippen LogP contribution in [0.3, 0.4) is 0 Å². The first-order chi connectivity index (χ1) is 15.5. The van der Waals surface area contributed by atoms with Crippen molar-refractivity contribution in [1.82, 2.24) is 14.9 Å². The quantitative estimate of drug-likeness (QED) is 0.443. The van der Waals surface area contributed by atoms with Crippen LogP contribution in [0.5, 0.6) is 0 Å². The van der Waals surface area contributed by atoms with Crippen LogP contribution in [0.15, 0.2) is 83.7 Å². The van der Waals surface area contributed by atoms with Crippen LogP contribution in [0.25, 0.3) is 10.9 Å². The number of nitrogens with zero attached hydrogens (tertiary/aromatic N) is 2. The van der Waals surface area contributed by atoms with Crippen molar-refractivity contribution in [2.75, 3.05) is 18.9 Å². The van der Waals surface area contributed by atoms with Gasteiger partial charge in [0.25, 0.3) is 5.56 Å². The van der Waals surface area contributed by atoms with E-state index in [0.717, 1.165) is 0 Å². The molecule has 0 saturated carbocycles. The SMILES string of the molecule is CN(CC(=O)Nc1ccccc1C(=O)c1ccccc1)Cc1nc2ccccc2c(=O)[nH]1. The van der Waals surface area contributed by atoms with Crippen molar-refractivity contribution in [3.63, 3.8) is 0 Å². The molecule has 0 radical (unpaired) electrons. The van der Waals surface area contributed by atoms with Crippen LogP contribution in [-0.4, -0.2) is 40.2 Å². The van der Waals surface area contributed by atoms with Gasteiger partial charge in [-0.05, 0) is 31.3 Å². The van der Waals surface area contributed by atoms with Gasteiger partial charge in [0, 0.05) is 11.1 Å². The van der Waals surface area contributed by atoms with Crippen molar-refractivity contribution in [3.8, 4) is 0 Å². The largest absolute Gasteiger partial charge is 0.324 e. The summed E-state index contributed by atoms with van der Waals surface area (Å²) in [6, 6.07) is 23.0. The molecule has 7 heteroatoms. The maximum atomic E-state index is 12.8. The lowest BCUT2D eigenvalue weighted by atomic mass is 10.0. The molecule has 1 amide bonds. The molecule has 1 aromatic heterocycles. The maximum Gasteiger partial charge on any atom is 0.258 e. The fourth-order valence-corrected chi connectivity index (χ4v) is 3.49.